The van der Waals surface area contributed by atoms with Gasteiger partial charge in [0.05, 0.1) is 6.10 Å². The van der Waals surface area contributed by atoms with Gasteiger partial charge in [0.2, 0.25) is 0 Å². The number of aliphatic hydroxyl groups excluding tert-OH is 1. The van der Waals surface area contributed by atoms with Crippen molar-refractivity contribution in [2.24, 2.45) is 0 Å². The monoisotopic (exact) mass is 284 g/mol. The zero-order valence-corrected chi connectivity index (χ0v) is 12.8. The Morgan fingerprint density at radius 2 is 2.33 bits per heavy atom. The molecule has 3 heteroatoms. The van der Waals surface area contributed by atoms with Gasteiger partial charge in [-0.3, -0.25) is 0 Å². The molecule has 1 aromatic heterocycles. The predicted octanol–water partition coefficient (Wildman–Crippen LogP) is 3.20. The summed E-state index contributed by atoms with van der Waals surface area (Å²) in [6.07, 6.45) is 9.27. The number of nitrogens with one attached hydrogen (secondary N) is 1. The molecule has 1 saturated heterocycles. The summed E-state index contributed by atoms with van der Waals surface area (Å²) in [5, 5.41) is 10.7. The van der Waals surface area contributed by atoms with Crippen LogP contribution in [0.5, 0.6) is 0 Å². The molecule has 0 bridgehead atoms. The van der Waals surface area contributed by atoms with Gasteiger partial charge < -0.3 is 15.0 Å². The Hall–Kier alpha value is -1.58. The van der Waals surface area contributed by atoms with Gasteiger partial charge in [-0.15, -0.1) is 0 Å². The van der Waals surface area contributed by atoms with Gasteiger partial charge in [0, 0.05) is 23.1 Å². The average molecular weight is 284 g/mol. The van der Waals surface area contributed by atoms with Gasteiger partial charge in [0.15, 0.2) is 0 Å². The Morgan fingerprint density at radius 1 is 1.48 bits per heavy atom. The lowest BCUT2D eigenvalue weighted by Gasteiger charge is -2.18. The summed E-state index contributed by atoms with van der Waals surface area (Å²) >= 11 is 0. The number of nitrogens with zero attached hydrogens (tertiary/aromatic N) is 1. The first-order valence-electron chi connectivity index (χ1n) is 7.80. The highest BCUT2D eigenvalue weighted by atomic mass is 16.3. The summed E-state index contributed by atoms with van der Waals surface area (Å²) in [4.78, 5) is 5.85. The number of rotatable bonds is 4. The number of aromatic nitrogens is 1. The number of likely N-dealkylation sites (N-methyl/N-ethyl adjacent to an activating group) is 1. The van der Waals surface area contributed by atoms with Crippen molar-refractivity contribution in [1.29, 1.82) is 0 Å². The number of hydrogen-bond acceptors (Lipinski definition) is 2. The van der Waals surface area contributed by atoms with E-state index in [-0.39, 0.29) is 0 Å². The maximum atomic E-state index is 9.36. The van der Waals surface area contributed by atoms with E-state index in [4.69, 9.17) is 0 Å². The van der Waals surface area contributed by atoms with Crippen LogP contribution in [0.25, 0.3) is 17.0 Å². The van der Waals surface area contributed by atoms with E-state index in [9.17, 15) is 5.11 Å². The van der Waals surface area contributed by atoms with Gasteiger partial charge in [0.1, 0.15) is 0 Å². The zero-order valence-electron chi connectivity index (χ0n) is 12.8. The van der Waals surface area contributed by atoms with Crippen LogP contribution in [0.15, 0.2) is 30.5 Å². The number of fused-ring (bicyclic) bond motifs is 1. The number of H-pyrrole nitrogens is 1. The molecule has 1 aromatic carbocycles. The van der Waals surface area contributed by atoms with E-state index in [0.29, 0.717) is 6.04 Å². The minimum atomic E-state index is -0.404. The topological polar surface area (TPSA) is 39.3 Å². The summed E-state index contributed by atoms with van der Waals surface area (Å²) in [6, 6.07) is 7.09. The Kier molecular flexibility index (Phi) is 4.13. The van der Waals surface area contributed by atoms with Crippen molar-refractivity contribution in [2.75, 3.05) is 13.6 Å². The van der Waals surface area contributed by atoms with Crippen molar-refractivity contribution in [2.45, 2.75) is 38.3 Å². The van der Waals surface area contributed by atoms with Gasteiger partial charge in [0.25, 0.3) is 0 Å². The number of likely N-dealkylation sites (tertiary alicyclic amines) is 1. The molecule has 1 fully saturated rings. The molecule has 112 valence electrons. The highest BCUT2D eigenvalue weighted by Gasteiger charge is 2.22. The highest BCUT2D eigenvalue weighted by Crippen LogP contribution is 2.25. The lowest BCUT2D eigenvalue weighted by Crippen LogP contribution is -2.26. The molecule has 0 radical (unpaired) electrons. The molecule has 3 rings (SSSR count). The molecular weight excluding hydrogens is 260 g/mol. The van der Waals surface area contributed by atoms with E-state index in [0.717, 1.165) is 12.0 Å². The number of hydrogen-bond donors (Lipinski definition) is 2. The fourth-order valence-electron chi connectivity index (χ4n) is 3.21. The zero-order chi connectivity index (χ0) is 14.8. The second kappa shape index (κ2) is 6.04. The third-order valence-corrected chi connectivity index (χ3v) is 4.49. The van der Waals surface area contributed by atoms with Gasteiger partial charge in [-0.05, 0) is 63.0 Å². The molecule has 21 heavy (non-hydrogen) atoms. The Labute approximate surface area is 126 Å². The van der Waals surface area contributed by atoms with E-state index in [1.807, 2.05) is 12.2 Å². The summed E-state index contributed by atoms with van der Waals surface area (Å²) in [5.41, 5.74) is 3.74. The molecule has 3 nitrogen and oxygen atoms in total. The van der Waals surface area contributed by atoms with Crippen LogP contribution in [0.2, 0.25) is 0 Å². The number of aliphatic hydroxyl groups is 1. The average Bonchev–Trinajstić information content (AvgIpc) is 3.04. The normalized spacial score (nSPS) is 21.6. The molecule has 0 saturated carbocycles. The molecule has 2 heterocycles. The number of benzene rings is 1. The lowest BCUT2D eigenvalue weighted by molar-refractivity contribution is 0.245. The lowest BCUT2D eigenvalue weighted by atomic mass is 10.0. The van der Waals surface area contributed by atoms with Crippen LogP contribution in [0.4, 0.5) is 0 Å². The Morgan fingerprint density at radius 3 is 3.05 bits per heavy atom. The Balaban J connectivity index is 1.87. The van der Waals surface area contributed by atoms with Crippen LogP contribution in [0, 0.1) is 0 Å². The molecule has 1 unspecified atom stereocenters. The van der Waals surface area contributed by atoms with E-state index < -0.39 is 6.10 Å². The largest absolute Gasteiger partial charge is 0.389 e. The van der Waals surface area contributed by atoms with Crippen LogP contribution >= 0.6 is 0 Å². The standard InChI is InChI=1S/C18H24N2O/c1-13(21)5-6-14-7-8-18-17(10-14)15(12-19-18)11-16-4-3-9-20(16)2/h5-8,10,12-13,16,19,21H,3-4,9,11H2,1-2H3/t13?,16-/m1/s1. The van der Waals surface area contributed by atoms with Gasteiger partial charge in [-0.25, -0.2) is 0 Å². The SMILES string of the molecule is CC(O)C=Cc1ccc2[nH]cc(C[C@H]3CCCN3C)c2c1. The molecular formula is C18H24N2O. The molecule has 2 aromatic rings. The Bertz CT molecular complexity index is 642. The predicted molar refractivity (Wildman–Crippen MR) is 88.4 cm³/mol. The summed E-state index contributed by atoms with van der Waals surface area (Å²) in [5.74, 6) is 0. The van der Waals surface area contributed by atoms with E-state index in [1.165, 1.54) is 35.9 Å². The van der Waals surface area contributed by atoms with Gasteiger partial charge in [-0.2, -0.15) is 0 Å². The second-order valence-corrected chi connectivity index (χ2v) is 6.20. The fraction of sp³-hybridized carbons (Fsp3) is 0.444. The number of aromatic amines is 1. The van der Waals surface area contributed by atoms with Crippen LogP contribution in [-0.4, -0.2) is 40.7 Å². The smallest absolute Gasteiger partial charge is 0.0696 e. The third-order valence-electron chi connectivity index (χ3n) is 4.49. The van der Waals surface area contributed by atoms with Crippen LogP contribution < -0.4 is 0 Å². The van der Waals surface area contributed by atoms with E-state index in [2.05, 4.69) is 41.3 Å². The van der Waals surface area contributed by atoms with Crippen molar-refractivity contribution in [3.8, 4) is 0 Å². The second-order valence-electron chi connectivity index (χ2n) is 6.20. The summed E-state index contributed by atoms with van der Waals surface area (Å²) in [6.45, 7) is 2.99. The minimum absolute atomic E-state index is 0.404. The molecule has 0 amide bonds. The first-order valence-corrected chi connectivity index (χ1v) is 7.80. The molecule has 2 N–H and O–H groups in total. The van der Waals surface area contributed by atoms with Crippen molar-refractivity contribution in [1.82, 2.24) is 9.88 Å². The third kappa shape index (κ3) is 3.20. The van der Waals surface area contributed by atoms with Crippen molar-refractivity contribution < 1.29 is 5.11 Å². The van der Waals surface area contributed by atoms with Crippen molar-refractivity contribution >= 4 is 17.0 Å². The molecule has 1 aliphatic rings. The highest BCUT2D eigenvalue weighted by molar-refractivity contribution is 5.85. The molecule has 0 spiro atoms. The van der Waals surface area contributed by atoms with Crippen molar-refractivity contribution in [3.63, 3.8) is 0 Å². The molecule has 1 aliphatic heterocycles. The minimum Gasteiger partial charge on any atom is -0.389 e. The fourth-order valence-corrected chi connectivity index (χ4v) is 3.21. The van der Waals surface area contributed by atoms with E-state index >= 15 is 0 Å². The summed E-state index contributed by atoms with van der Waals surface area (Å²) in [7, 11) is 2.23. The van der Waals surface area contributed by atoms with Gasteiger partial charge >= 0.3 is 0 Å². The maximum absolute atomic E-state index is 9.36. The van der Waals surface area contributed by atoms with Crippen molar-refractivity contribution in [3.05, 3.63) is 41.6 Å². The van der Waals surface area contributed by atoms with Crippen LogP contribution in [-0.2, 0) is 6.42 Å². The van der Waals surface area contributed by atoms with Gasteiger partial charge in [-0.1, -0.05) is 18.2 Å². The summed E-state index contributed by atoms with van der Waals surface area (Å²) < 4.78 is 0. The quantitative estimate of drug-likeness (QED) is 0.905. The molecule has 2 atom stereocenters. The maximum Gasteiger partial charge on any atom is 0.0696 e. The first-order chi connectivity index (χ1) is 10.1. The van der Waals surface area contributed by atoms with Crippen LogP contribution in [0.3, 0.4) is 0 Å². The van der Waals surface area contributed by atoms with E-state index in [1.54, 1.807) is 6.92 Å². The van der Waals surface area contributed by atoms with Crippen LogP contribution in [0.1, 0.15) is 30.9 Å². The molecule has 0 aliphatic carbocycles. The first kappa shape index (κ1) is 14.4.